The van der Waals surface area contributed by atoms with Gasteiger partial charge in [-0.15, -0.1) is 0 Å². The number of benzene rings is 1. The molecule has 0 bridgehead atoms. The van der Waals surface area contributed by atoms with Gasteiger partial charge in [-0.25, -0.2) is 13.1 Å². The number of carbonyl (C=O) groups excluding carboxylic acids is 1. The van der Waals surface area contributed by atoms with Gasteiger partial charge in [0, 0.05) is 5.92 Å². The first-order valence-electron chi connectivity index (χ1n) is 13.4. The lowest BCUT2D eigenvalue weighted by Gasteiger charge is -2.43. The van der Waals surface area contributed by atoms with E-state index >= 15 is 0 Å². The van der Waals surface area contributed by atoms with E-state index in [4.69, 9.17) is 13.9 Å². The van der Waals surface area contributed by atoms with Crippen molar-refractivity contribution in [2.75, 3.05) is 6.61 Å². The predicted octanol–water partition coefficient (Wildman–Crippen LogP) is 5.07. The Kier molecular flexibility index (Phi) is 10.9. The van der Waals surface area contributed by atoms with Crippen LogP contribution < -0.4 is 4.72 Å². The second-order valence-corrected chi connectivity index (χ2v) is 18.8. The number of aryl methyl sites for hydroxylation is 1. The third kappa shape index (κ3) is 7.76. The highest BCUT2D eigenvalue weighted by atomic mass is 32.2. The molecule has 0 spiro atoms. The molecule has 1 aliphatic rings. The lowest BCUT2D eigenvalue weighted by Crippen LogP contribution is -2.53. The second kappa shape index (κ2) is 12.7. The number of hydrogen-bond acceptors (Lipinski definition) is 7. The molecule has 216 valence electrons. The number of carbonyl (C=O) groups is 1. The van der Waals surface area contributed by atoms with Gasteiger partial charge < -0.3 is 19.0 Å². The summed E-state index contributed by atoms with van der Waals surface area (Å²) in [6.07, 6.45) is 0.720. The molecule has 0 aromatic heterocycles. The first-order valence-corrected chi connectivity index (χ1v) is 17.0. The first kappa shape index (κ1) is 32.6. The van der Waals surface area contributed by atoms with Crippen LogP contribution in [0, 0.1) is 12.8 Å². The van der Waals surface area contributed by atoms with E-state index in [9.17, 15) is 18.3 Å². The molecule has 38 heavy (non-hydrogen) atoms. The van der Waals surface area contributed by atoms with E-state index in [2.05, 4.69) is 46.3 Å². The van der Waals surface area contributed by atoms with Crippen LogP contribution >= 0.6 is 0 Å². The van der Waals surface area contributed by atoms with Crippen molar-refractivity contribution in [3.63, 3.8) is 0 Å². The van der Waals surface area contributed by atoms with Crippen LogP contribution in [0.25, 0.3) is 0 Å². The van der Waals surface area contributed by atoms with Crippen molar-refractivity contribution in [1.29, 1.82) is 0 Å². The van der Waals surface area contributed by atoms with Gasteiger partial charge in [-0.3, -0.25) is 4.79 Å². The molecule has 10 heteroatoms. The predicted molar refractivity (Wildman–Crippen MR) is 152 cm³/mol. The van der Waals surface area contributed by atoms with Crippen LogP contribution in [0.3, 0.4) is 0 Å². The van der Waals surface area contributed by atoms with E-state index < -0.39 is 54.3 Å². The molecule has 4 atom stereocenters. The highest BCUT2D eigenvalue weighted by Crippen LogP contribution is 2.43. The minimum Gasteiger partial charge on any atom is -0.401 e. The topological polar surface area (TPSA) is 111 Å². The smallest absolute Gasteiger partial charge is 0.265 e. The zero-order valence-corrected chi connectivity index (χ0v) is 26.3. The molecule has 1 aromatic rings. The summed E-state index contributed by atoms with van der Waals surface area (Å²) in [6, 6.07) is 6.30. The van der Waals surface area contributed by atoms with Crippen LogP contribution in [-0.4, -0.2) is 58.5 Å². The normalized spacial score (nSPS) is 20.8. The number of aliphatic hydroxyl groups excluding tert-OH is 1. The third-order valence-corrected chi connectivity index (χ3v) is 14.8. The minimum absolute atomic E-state index is 0.00375. The first-order chi connectivity index (χ1) is 17.4. The summed E-state index contributed by atoms with van der Waals surface area (Å²) in [5.41, 5.74) is 1.44. The van der Waals surface area contributed by atoms with Crippen molar-refractivity contribution >= 4 is 24.2 Å². The largest absolute Gasteiger partial charge is 0.401 e. The number of sulfonamides is 1. The molecule has 2 N–H and O–H groups in total. The molecule has 1 aliphatic heterocycles. The van der Waals surface area contributed by atoms with Gasteiger partial charge in [0.05, 0.1) is 17.6 Å². The summed E-state index contributed by atoms with van der Waals surface area (Å²) in [5, 5.41) is 10.9. The highest BCUT2D eigenvalue weighted by Gasteiger charge is 2.47. The van der Waals surface area contributed by atoms with Crippen molar-refractivity contribution < 1.29 is 32.2 Å². The lowest BCUT2D eigenvalue weighted by atomic mass is 9.99. The number of aliphatic hydroxyl groups is 1. The van der Waals surface area contributed by atoms with Crippen molar-refractivity contribution in [1.82, 2.24) is 4.72 Å². The summed E-state index contributed by atoms with van der Waals surface area (Å²) in [7, 11) is -6.68. The van der Waals surface area contributed by atoms with Crippen LogP contribution in [0.15, 0.2) is 41.3 Å². The fourth-order valence-corrected chi connectivity index (χ4v) is 11.8. The maximum atomic E-state index is 13.5. The fraction of sp³-hybridized carbons (Fsp3) is 0.679. The quantitative estimate of drug-likeness (QED) is 0.267. The molecule has 8 nitrogen and oxygen atoms in total. The van der Waals surface area contributed by atoms with E-state index in [0.717, 1.165) is 5.56 Å². The van der Waals surface area contributed by atoms with Gasteiger partial charge in [0.25, 0.3) is 15.9 Å². The Morgan fingerprint density at radius 2 is 1.58 bits per heavy atom. The Hall–Kier alpha value is -1.56. The van der Waals surface area contributed by atoms with Crippen molar-refractivity contribution in [2.24, 2.45) is 5.92 Å². The number of rotatable bonds is 12. The van der Waals surface area contributed by atoms with Gasteiger partial charge in [0.2, 0.25) is 8.32 Å². The Morgan fingerprint density at radius 1 is 1.05 bits per heavy atom. The standard InChI is InChI=1S/C28H47NO7SSi/c1-18(2)38(19(3)4,20(5)6)36-24(16-13-22(8)26(30)25-17-34-28(9,10)35-25)27(31)29-37(32,33)23-14-11-21(7)12-15-23/h11-16,18-20,22,24-26,30H,17H2,1-10H3,(H,29,31)/b16-13-/t22-,24+,25-,26-/m1/s1. The van der Waals surface area contributed by atoms with Crippen LogP contribution in [0.2, 0.25) is 16.6 Å². The van der Waals surface area contributed by atoms with Crippen LogP contribution in [-0.2, 0) is 28.7 Å². The zero-order chi connectivity index (χ0) is 29.1. The maximum absolute atomic E-state index is 13.5. The summed E-state index contributed by atoms with van der Waals surface area (Å²) in [6.45, 7) is 20.1. The SMILES string of the molecule is Cc1ccc(S(=O)(=O)NC(=O)[C@H](/C=C\[C@@H](C)[C@@H](O)[C@H]2COC(C)(C)O2)O[Si](C(C)C)(C(C)C)C(C)C)cc1. The average molecular weight is 570 g/mol. The molecule has 1 heterocycles. The summed E-state index contributed by atoms with van der Waals surface area (Å²) < 4.78 is 46.4. The third-order valence-electron chi connectivity index (χ3n) is 7.40. The molecular weight excluding hydrogens is 522 g/mol. The van der Waals surface area contributed by atoms with Crippen LogP contribution in [0.4, 0.5) is 0 Å². The van der Waals surface area contributed by atoms with Gasteiger partial charge in [0.15, 0.2) is 5.79 Å². The van der Waals surface area contributed by atoms with Gasteiger partial charge in [-0.2, -0.15) is 0 Å². The molecule has 1 amide bonds. The Labute approximate surface area is 230 Å². The Bertz CT molecular complexity index is 1050. The Balaban J connectivity index is 2.39. The molecule has 0 aliphatic carbocycles. The van der Waals surface area contributed by atoms with Crippen molar-refractivity contribution in [2.45, 2.75) is 115 Å². The molecule has 1 fully saturated rings. The number of amides is 1. The number of ether oxygens (including phenoxy) is 2. The molecule has 0 saturated carbocycles. The van der Waals surface area contributed by atoms with E-state index in [-0.39, 0.29) is 28.1 Å². The number of nitrogens with one attached hydrogen (secondary N) is 1. The summed E-state index contributed by atoms with van der Waals surface area (Å²) in [4.78, 5) is 13.5. The molecular formula is C28H47NO7SSi. The monoisotopic (exact) mass is 569 g/mol. The van der Waals surface area contributed by atoms with Gasteiger partial charge in [0.1, 0.15) is 12.2 Å². The van der Waals surface area contributed by atoms with E-state index in [1.807, 2.05) is 13.8 Å². The van der Waals surface area contributed by atoms with E-state index in [0.29, 0.717) is 0 Å². The van der Waals surface area contributed by atoms with E-state index in [1.165, 1.54) is 12.1 Å². The molecule has 1 aromatic carbocycles. The highest BCUT2D eigenvalue weighted by molar-refractivity contribution is 7.90. The van der Waals surface area contributed by atoms with Crippen molar-refractivity contribution in [3.8, 4) is 0 Å². The molecule has 2 rings (SSSR count). The van der Waals surface area contributed by atoms with Gasteiger partial charge in [-0.1, -0.05) is 78.3 Å². The summed E-state index contributed by atoms with van der Waals surface area (Å²) in [5.74, 6) is -1.94. The summed E-state index contributed by atoms with van der Waals surface area (Å²) >= 11 is 0. The van der Waals surface area contributed by atoms with Crippen LogP contribution in [0.5, 0.6) is 0 Å². The van der Waals surface area contributed by atoms with Gasteiger partial charge in [-0.05, 0) is 49.5 Å². The van der Waals surface area contributed by atoms with E-state index in [1.54, 1.807) is 38.1 Å². The zero-order valence-electron chi connectivity index (χ0n) is 24.5. The van der Waals surface area contributed by atoms with Crippen molar-refractivity contribution in [3.05, 3.63) is 42.0 Å². The molecule has 0 radical (unpaired) electrons. The Morgan fingerprint density at radius 3 is 2.03 bits per heavy atom. The minimum atomic E-state index is -4.10. The van der Waals surface area contributed by atoms with Gasteiger partial charge >= 0.3 is 0 Å². The second-order valence-electron chi connectivity index (χ2n) is 11.7. The molecule has 0 unspecified atom stereocenters. The molecule has 1 saturated heterocycles. The number of hydrogen-bond donors (Lipinski definition) is 2. The maximum Gasteiger partial charge on any atom is 0.265 e. The van der Waals surface area contributed by atoms with Crippen LogP contribution in [0.1, 0.15) is 67.9 Å². The fourth-order valence-electron chi connectivity index (χ4n) is 5.39. The average Bonchev–Trinajstić information content (AvgIpc) is 3.17. The lowest BCUT2D eigenvalue weighted by molar-refractivity contribution is -0.153.